The van der Waals surface area contributed by atoms with E-state index >= 15 is 0 Å². The molecule has 1 amide bonds. The van der Waals surface area contributed by atoms with Crippen molar-refractivity contribution in [1.82, 2.24) is 9.71 Å². The number of hydrogen-bond acceptors (Lipinski definition) is 7. The molecule has 1 saturated heterocycles. The second-order valence-corrected chi connectivity index (χ2v) is 9.86. The van der Waals surface area contributed by atoms with Crippen molar-refractivity contribution in [2.45, 2.75) is 4.90 Å². The molecule has 1 aliphatic rings. The van der Waals surface area contributed by atoms with Gasteiger partial charge in [0.25, 0.3) is 5.91 Å². The van der Waals surface area contributed by atoms with Gasteiger partial charge in [0, 0.05) is 24.3 Å². The van der Waals surface area contributed by atoms with E-state index in [1.54, 1.807) is 17.4 Å². The third-order valence-electron chi connectivity index (χ3n) is 4.67. The Labute approximate surface area is 182 Å². The summed E-state index contributed by atoms with van der Waals surface area (Å²) in [5, 5.41) is 3.77. The minimum Gasteiger partial charge on any atom is -0.378 e. The second kappa shape index (κ2) is 8.48. The largest absolute Gasteiger partial charge is 0.378 e. The first-order chi connectivity index (χ1) is 14.4. The lowest BCUT2D eigenvalue weighted by Gasteiger charge is -2.25. The number of thiazole rings is 1. The Hall–Kier alpha value is -2.24. The number of benzene rings is 2. The fraction of sp³-hybridized carbons (Fsp3) is 0.263. The smallest absolute Gasteiger partial charge is 0.255 e. The zero-order valence-corrected chi connectivity index (χ0v) is 18.4. The summed E-state index contributed by atoms with van der Waals surface area (Å²) in [6.45, 7) is 2.98. The molecule has 0 saturated carbocycles. The maximum Gasteiger partial charge on any atom is 0.255 e. The number of fused-ring (bicyclic) bond motifs is 1. The van der Waals surface area contributed by atoms with Crippen LogP contribution < -0.4 is 14.9 Å². The van der Waals surface area contributed by atoms with E-state index in [1.807, 2.05) is 12.1 Å². The van der Waals surface area contributed by atoms with Gasteiger partial charge in [-0.3, -0.25) is 4.79 Å². The molecule has 0 spiro atoms. The fourth-order valence-corrected chi connectivity index (χ4v) is 5.35. The van der Waals surface area contributed by atoms with Crippen LogP contribution in [0.3, 0.4) is 0 Å². The molecule has 2 heterocycles. The van der Waals surface area contributed by atoms with Crippen LogP contribution >= 0.6 is 22.9 Å². The predicted octanol–water partition coefficient (Wildman–Crippen LogP) is 2.95. The number of sulfonamides is 1. The van der Waals surface area contributed by atoms with Gasteiger partial charge in [-0.25, -0.2) is 18.1 Å². The number of nitrogens with zero attached hydrogens (tertiary/aromatic N) is 2. The molecule has 0 bridgehead atoms. The zero-order chi connectivity index (χ0) is 21.3. The summed E-state index contributed by atoms with van der Waals surface area (Å²) in [4.78, 5) is 19.4. The van der Waals surface area contributed by atoms with Crippen LogP contribution in [0.5, 0.6) is 0 Å². The van der Waals surface area contributed by atoms with Gasteiger partial charge >= 0.3 is 0 Å². The Kier molecular flexibility index (Phi) is 5.94. The molecule has 2 aromatic carbocycles. The molecule has 0 aliphatic carbocycles. The summed E-state index contributed by atoms with van der Waals surface area (Å²) >= 11 is 7.54. The molecule has 2 N–H and O–H groups in total. The molecule has 1 aromatic heterocycles. The first kappa shape index (κ1) is 21.0. The van der Waals surface area contributed by atoms with Gasteiger partial charge in [-0.1, -0.05) is 22.9 Å². The number of amides is 1. The van der Waals surface area contributed by atoms with Gasteiger partial charge < -0.3 is 15.0 Å². The van der Waals surface area contributed by atoms with Crippen LogP contribution in [0.2, 0.25) is 5.02 Å². The second-order valence-electron chi connectivity index (χ2n) is 6.59. The SMILES string of the molecule is CNS(=O)(=O)c1cc(C(=O)Nc2ccc3nc(N4CCOCC4)sc3c2)ccc1Cl. The van der Waals surface area contributed by atoms with Crippen molar-refractivity contribution in [2.24, 2.45) is 0 Å². The standard InChI is InChI=1S/C19H19ClN4O4S2/c1-21-30(26,27)17-10-12(2-4-14(17)20)18(25)22-13-3-5-15-16(11-13)29-19(23-15)24-6-8-28-9-7-24/h2-5,10-11,21H,6-9H2,1H3,(H,22,25). The van der Waals surface area contributed by atoms with E-state index in [0.29, 0.717) is 18.9 Å². The molecule has 0 unspecified atom stereocenters. The van der Waals surface area contributed by atoms with Gasteiger partial charge in [-0.05, 0) is 43.4 Å². The molecule has 3 aromatic rings. The number of morpholine rings is 1. The number of aromatic nitrogens is 1. The average Bonchev–Trinajstić information content (AvgIpc) is 3.18. The fourth-order valence-electron chi connectivity index (χ4n) is 3.04. The van der Waals surface area contributed by atoms with Crippen molar-refractivity contribution in [3.63, 3.8) is 0 Å². The number of carbonyl (C=O) groups is 1. The molecular weight excluding hydrogens is 448 g/mol. The van der Waals surface area contributed by atoms with E-state index in [4.69, 9.17) is 16.3 Å². The van der Waals surface area contributed by atoms with Gasteiger partial charge in [0.2, 0.25) is 10.0 Å². The van der Waals surface area contributed by atoms with E-state index < -0.39 is 15.9 Å². The van der Waals surface area contributed by atoms with Crippen LogP contribution in [0.15, 0.2) is 41.3 Å². The van der Waals surface area contributed by atoms with Crippen LogP contribution in [0.4, 0.5) is 10.8 Å². The van der Waals surface area contributed by atoms with E-state index in [-0.39, 0.29) is 15.5 Å². The van der Waals surface area contributed by atoms with Crippen molar-refractivity contribution >= 4 is 59.9 Å². The number of halogens is 1. The predicted molar refractivity (Wildman–Crippen MR) is 118 cm³/mol. The van der Waals surface area contributed by atoms with Crippen molar-refractivity contribution in [1.29, 1.82) is 0 Å². The number of nitrogens with one attached hydrogen (secondary N) is 2. The third kappa shape index (κ3) is 4.28. The van der Waals surface area contributed by atoms with Gasteiger partial charge in [0.15, 0.2) is 5.13 Å². The lowest BCUT2D eigenvalue weighted by Crippen LogP contribution is -2.36. The maximum atomic E-state index is 12.7. The molecule has 0 radical (unpaired) electrons. The maximum absolute atomic E-state index is 12.7. The highest BCUT2D eigenvalue weighted by Gasteiger charge is 2.19. The first-order valence-electron chi connectivity index (χ1n) is 9.15. The van der Waals surface area contributed by atoms with Crippen LogP contribution in [-0.2, 0) is 14.8 Å². The average molecular weight is 467 g/mol. The van der Waals surface area contributed by atoms with Crippen molar-refractivity contribution in [3.8, 4) is 0 Å². The van der Waals surface area contributed by atoms with Crippen LogP contribution in [-0.4, -0.2) is 52.7 Å². The molecule has 1 aliphatic heterocycles. The van der Waals surface area contributed by atoms with Crippen LogP contribution in [0.25, 0.3) is 10.2 Å². The number of rotatable bonds is 5. The summed E-state index contributed by atoms with van der Waals surface area (Å²) in [7, 11) is -2.49. The molecule has 30 heavy (non-hydrogen) atoms. The van der Waals surface area contributed by atoms with Crippen molar-refractivity contribution in [3.05, 3.63) is 47.0 Å². The summed E-state index contributed by atoms with van der Waals surface area (Å²) in [5.74, 6) is -0.434. The molecule has 11 heteroatoms. The number of hydrogen-bond donors (Lipinski definition) is 2. The Morgan fingerprint density at radius 2 is 1.97 bits per heavy atom. The number of ether oxygens (including phenoxy) is 1. The molecular formula is C19H19ClN4O4S2. The minimum atomic E-state index is -3.78. The third-order valence-corrected chi connectivity index (χ3v) is 7.64. The summed E-state index contributed by atoms with van der Waals surface area (Å²) in [6.07, 6.45) is 0. The first-order valence-corrected chi connectivity index (χ1v) is 11.8. The van der Waals surface area contributed by atoms with E-state index in [0.717, 1.165) is 28.4 Å². The quantitative estimate of drug-likeness (QED) is 0.599. The van der Waals surface area contributed by atoms with Crippen LogP contribution in [0.1, 0.15) is 10.4 Å². The van der Waals surface area contributed by atoms with Gasteiger partial charge in [0.1, 0.15) is 4.90 Å². The molecule has 4 rings (SSSR count). The van der Waals surface area contributed by atoms with E-state index in [9.17, 15) is 13.2 Å². The lowest BCUT2D eigenvalue weighted by molar-refractivity contribution is 0.102. The number of carbonyl (C=O) groups excluding carboxylic acids is 1. The Morgan fingerprint density at radius 1 is 1.20 bits per heavy atom. The molecule has 0 atom stereocenters. The normalized spacial score (nSPS) is 14.8. The van der Waals surface area contributed by atoms with Crippen LogP contribution in [0, 0.1) is 0 Å². The van der Waals surface area contributed by atoms with Gasteiger partial charge in [0.05, 0.1) is 28.5 Å². The molecule has 1 fully saturated rings. The highest BCUT2D eigenvalue weighted by molar-refractivity contribution is 7.89. The summed E-state index contributed by atoms with van der Waals surface area (Å²) in [6, 6.07) is 9.60. The molecule has 158 valence electrons. The van der Waals surface area contributed by atoms with E-state index in [2.05, 4.69) is 19.9 Å². The van der Waals surface area contributed by atoms with Crippen molar-refractivity contribution < 1.29 is 17.9 Å². The lowest BCUT2D eigenvalue weighted by atomic mass is 10.2. The van der Waals surface area contributed by atoms with E-state index in [1.165, 1.54) is 25.2 Å². The van der Waals surface area contributed by atoms with Crippen molar-refractivity contribution in [2.75, 3.05) is 43.6 Å². The molecule has 8 nitrogen and oxygen atoms in total. The minimum absolute atomic E-state index is 0.0441. The number of anilines is 2. The monoisotopic (exact) mass is 466 g/mol. The summed E-state index contributed by atoms with van der Waals surface area (Å²) < 4.78 is 32.7. The van der Waals surface area contributed by atoms with Gasteiger partial charge in [-0.2, -0.15) is 0 Å². The topological polar surface area (TPSA) is 101 Å². The Balaban J connectivity index is 1.56. The Morgan fingerprint density at radius 3 is 2.70 bits per heavy atom. The Bertz CT molecular complexity index is 1210. The highest BCUT2D eigenvalue weighted by atomic mass is 35.5. The zero-order valence-electron chi connectivity index (χ0n) is 16.0. The summed E-state index contributed by atoms with van der Waals surface area (Å²) in [5.41, 5.74) is 1.64. The van der Waals surface area contributed by atoms with Gasteiger partial charge in [-0.15, -0.1) is 0 Å². The highest BCUT2D eigenvalue weighted by Crippen LogP contribution is 2.31.